The number of nitrogens with zero attached hydrogens (tertiary/aromatic N) is 2. The van der Waals surface area contributed by atoms with Crippen LogP contribution >= 0.6 is 11.6 Å². The van der Waals surface area contributed by atoms with Gasteiger partial charge in [-0.05, 0) is 18.6 Å². The Balaban J connectivity index is 2.60. The molecule has 16 heavy (non-hydrogen) atoms. The van der Waals surface area contributed by atoms with Crippen LogP contribution in [-0.2, 0) is 0 Å². The number of amides is 1. The van der Waals surface area contributed by atoms with Gasteiger partial charge in [0, 0.05) is 19.8 Å². The molecule has 0 fully saturated rings. The summed E-state index contributed by atoms with van der Waals surface area (Å²) in [6.07, 6.45) is 4.89. The van der Waals surface area contributed by atoms with Crippen molar-refractivity contribution >= 4 is 17.5 Å². The van der Waals surface area contributed by atoms with E-state index in [1.54, 1.807) is 30.3 Å². The molecule has 0 aliphatic rings. The Labute approximate surface area is 101 Å². The zero-order valence-corrected chi connectivity index (χ0v) is 10.5. The van der Waals surface area contributed by atoms with Crippen molar-refractivity contribution in [3.05, 3.63) is 29.0 Å². The predicted molar refractivity (Wildman–Crippen MR) is 65.7 cm³/mol. The van der Waals surface area contributed by atoms with Crippen LogP contribution in [0.25, 0.3) is 0 Å². The summed E-state index contributed by atoms with van der Waals surface area (Å²) >= 11 is 5.87. The predicted octanol–water partition coefficient (Wildman–Crippen LogP) is 3.00. The van der Waals surface area contributed by atoms with Gasteiger partial charge < -0.3 is 4.90 Å². The Morgan fingerprint density at radius 1 is 1.50 bits per heavy atom. The highest BCUT2D eigenvalue weighted by molar-refractivity contribution is 6.32. The van der Waals surface area contributed by atoms with Crippen molar-refractivity contribution in [1.82, 2.24) is 9.88 Å². The van der Waals surface area contributed by atoms with Crippen LogP contribution in [0, 0.1) is 0 Å². The van der Waals surface area contributed by atoms with Gasteiger partial charge in [-0.1, -0.05) is 31.4 Å². The van der Waals surface area contributed by atoms with Crippen molar-refractivity contribution < 1.29 is 4.79 Å². The molecule has 1 amide bonds. The quantitative estimate of drug-likeness (QED) is 0.586. The van der Waals surface area contributed by atoms with Gasteiger partial charge in [-0.2, -0.15) is 0 Å². The molecule has 0 saturated heterocycles. The molecular weight excluding hydrogens is 224 g/mol. The Morgan fingerprint density at radius 3 is 2.88 bits per heavy atom. The molecule has 1 heterocycles. The summed E-state index contributed by atoms with van der Waals surface area (Å²) in [6.45, 7) is 2.90. The number of pyridine rings is 1. The molecule has 0 aromatic carbocycles. The van der Waals surface area contributed by atoms with Gasteiger partial charge in [0.1, 0.15) is 5.15 Å². The van der Waals surface area contributed by atoms with Crippen molar-refractivity contribution in [2.75, 3.05) is 13.6 Å². The molecule has 0 spiro atoms. The van der Waals surface area contributed by atoms with E-state index in [0.29, 0.717) is 5.56 Å². The third-order valence-corrected chi connectivity index (χ3v) is 2.73. The molecule has 1 rings (SSSR count). The summed E-state index contributed by atoms with van der Waals surface area (Å²) in [4.78, 5) is 17.6. The van der Waals surface area contributed by atoms with Crippen LogP contribution in [0.15, 0.2) is 18.3 Å². The number of hydrogen-bond donors (Lipinski definition) is 0. The van der Waals surface area contributed by atoms with E-state index in [2.05, 4.69) is 11.9 Å². The highest BCUT2D eigenvalue weighted by Crippen LogP contribution is 2.13. The first-order chi connectivity index (χ1) is 7.66. The van der Waals surface area contributed by atoms with Crippen LogP contribution in [0.5, 0.6) is 0 Å². The summed E-state index contributed by atoms with van der Waals surface area (Å²) in [6, 6.07) is 3.42. The van der Waals surface area contributed by atoms with Gasteiger partial charge in [-0.3, -0.25) is 4.79 Å². The third-order valence-electron chi connectivity index (χ3n) is 2.43. The topological polar surface area (TPSA) is 33.2 Å². The zero-order valence-electron chi connectivity index (χ0n) is 9.74. The second-order valence-electron chi connectivity index (χ2n) is 3.78. The molecule has 0 aliphatic carbocycles. The first-order valence-corrected chi connectivity index (χ1v) is 5.90. The van der Waals surface area contributed by atoms with Crippen molar-refractivity contribution in [1.29, 1.82) is 0 Å². The Morgan fingerprint density at radius 2 is 2.25 bits per heavy atom. The van der Waals surface area contributed by atoms with Crippen LogP contribution < -0.4 is 0 Å². The average molecular weight is 241 g/mol. The smallest absolute Gasteiger partial charge is 0.256 e. The normalized spacial score (nSPS) is 10.2. The van der Waals surface area contributed by atoms with Crippen LogP contribution in [-0.4, -0.2) is 29.4 Å². The molecule has 0 saturated carbocycles. The van der Waals surface area contributed by atoms with E-state index >= 15 is 0 Å². The number of unbranched alkanes of at least 4 members (excludes halogenated alkanes) is 2. The summed E-state index contributed by atoms with van der Waals surface area (Å²) in [7, 11) is 1.79. The van der Waals surface area contributed by atoms with Crippen molar-refractivity contribution in [3.8, 4) is 0 Å². The number of aromatic nitrogens is 1. The van der Waals surface area contributed by atoms with E-state index in [-0.39, 0.29) is 11.1 Å². The lowest BCUT2D eigenvalue weighted by molar-refractivity contribution is 0.0792. The number of carbonyl (C=O) groups is 1. The summed E-state index contributed by atoms with van der Waals surface area (Å²) < 4.78 is 0. The van der Waals surface area contributed by atoms with Crippen LogP contribution in [0.1, 0.15) is 36.5 Å². The largest absolute Gasteiger partial charge is 0.342 e. The maximum Gasteiger partial charge on any atom is 0.256 e. The first kappa shape index (κ1) is 13.0. The lowest BCUT2D eigenvalue weighted by Crippen LogP contribution is -2.28. The molecule has 3 nitrogen and oxygen atoms in total. The SMILES string of the molecule is CCCCCN(C)C(=O)c1cccnc1Cl. The van der Waals surface area contributed by atoms with Crippen molar-refractivity contribution in [2.45, 2.75) is 26.2 Å². The highest BCUT2D eigenvalue weighted by Gasteiger charge is 2.14. The van der Waals surface area contributed by atoms with E-state index in [4.69, 9.17) is 11.6 Å². The number of halogens is 1. The van der Waals surface area contributed by atoms with Crippen LogP contribution in [0.4, 0.5) is 0 Å². The molecule has 0 bridgehead atoms. The van der Waals surface area contributed by atoms with Crippen LogP contribution in [0.3, 0.4) is 0 Å². The monoisotopic (exact) mass is 240 g/mol. The molecule has 0 unspecified atom stereocenters. The average Bonchev–Trinajstić information content (AvgIpc) is 2.29. The van der Waals surface area contributed by atoms with Crippen LogP contribution in [0.2, 0.25) is 5.15 Å². The molecule has 1 aromatic rings. The van der Waals surface area contributed by atoms with E-state index in [0.717, 1.165) is 25.8 Å². The maximum atomic E-state index is 12.0. The molecule has 88 valence electrons. The van der Waals surface area contributed by atoms with Crippen molar-refractivity contribution in [3.63, 3.8) is 0 Å². The van der Waals surface area contributed by atoms with Crippen molar-refractivity contribution in [2.24, 2.45) is 0 Å². The molecule has 0 radical (unpaired) electrons. The molecule has 1 aromatic heterocycles. The lowest BCUT2D eigenvalue weighted by Gasteiger charge is -2.17. The number of rotatable bonds is 5. The van der Waals surface area contributed by atoms with Gasteiger partial charge in [-0.15, -0.1) is 0 Å². The van der Waals surface area contributed by atoms with Gasteiger partial charge in [-0.25, -0.2) is 4.98 Å². The fraction of sp³-hybridized carbons (Fsp3) is 0.500. The summed E-state index contributed by atoms with van der Waals surface area (Å²) in [5.74, 6) is -0.0609. The molecule has 0 N–H and O–H groups in total. The fourth-order valence-electron chi connectivity index (χ4n) is 1.45. The van der Waals surface area contributed by atoms with Gasteiger partial charge in [0.05, 0.1) is 5.56 Å². The lowest BCUT2D eigenvalue weighted by atomic mass is 10.2. The first-order valence-electron chi connectivity index (χ1n) is 5.52. The van der Waals surface area contributed by atoms with E-state index < -0.39 is 0 Å². The maximum absolute atomic E-state index is 12.0. The highest BCUT2D eigenvalue weighted by atomic mass is 35.5. The third kappa shape index (κ3) is 3.49. The Kier molecular flexibility index (Phi) is 5.26. The number of hydrogen-bond acceptors (Lipinski definition) is 2. The standard InChI is InChI=1S/C12H17ClN2O/c1-3-4-5-9-15(2)12(16)10-7-6-8-14-11(10)13/h6-8H,3-5,9H2,1-2H3. The van der Waals surface area contributed by atoms with E-state index in [1.807, 2.05) is 0 Å². The summed E-state index contributed by atoms with van der Waals surface area (Å²) in [5, 5.41) is 0.273. The van der Waals surface area contributed by atoms with Gasteiger partial charge in [0.25, 0.3) is 5.91 Å². The molecule has 0 atom stereocenters. The molecular formula is C12H17ClN2O. The second-order valence-corrected chi connectivity index (χ2v) is 4.13. The van der Waals surface area contributed by atoms with E-state index in [1.165, 1.54) is 0 Å². The minimum Gasteiger partial charge on any atom is -0.342 e. The minimum absolute atomic E-state index is 0.0609. The summed E-state index contributed by atoms with van der Waals surface area (Å²) in [5.41, 5.74) is 0.475. The molecule has 0 aliphatic heterocycles. The zero-order chi connectivity index (χ0) is 12.0. The minimum atomic E-state index is -0.0609. The Hall–Kier alpha value is -1.09. The fourth-order valence-corrected chi connectivity index (χ4v) is 1.65. The van der Waals surface area contributed by atoms with Gasteiger partial charge in [0.15, 0.2) is 0 Å². The second kappa shape index (κ2) is 6.48. The van der Waals surface area contributed by atoms with E-state index in [9.17, 15) is 4.79 Å². The number of carbonyl (C=O) groups excluding carboxylic acids is 1. The van der Waals surface area contributed by atoms with Gasteiger partial charge >= 0.3 is 0 Å². The molecule has 4 heteroatoms. The Bertz CT molecular complexity index is 355. The van der Waals surface area contributed by atoms with Gasteiger partial charge in [0.2, 0.25) is 0 Å².